The van der Waals surface area contributed by atoms with Crippen LogP contribution in [0, 0.1) is 11.8 Å². The Balaban J connectivity index is 2.23. The number of rotatable bonds is 2. The standard InChI is InChI=1S/C13H12N4O2/c1-17-9-11(8-15-17)16-13(19)12-4-5-14-7-10(12)3-2-6-18/h4-5,7-9,18H,6H2,1H3,(H,16,19). The maximum atomic E-state index is 12.1. The van der Waals surface area contributed by atoms with Gasteiger partial charge in [-0.3, -0.25) is 14.5 Å². The minimum Gasteiger partial charge on any atom is -0.384 e. The molecule has 19 heavy (non-hydrogen) atoms. The van der Waals surface area contributed by atoms with Crippen molar-refractivity contribution in [2.75, 3.05) is 11.9 Å². The third-order valence-electron chi connectivity index (χ3n) is 2.33. The highest BCUT2D eigenvalue weighted by atomic mass is 16.2. The van der Waals surface area contributed by atoms with Crippen molar-refractivity contribution in [3.63, 3.8) is 0 Å². The molecule has 0 saturated carbocycles. The average Bonchev–Trinajstić information content (AvgIpc) is 2.82. The van der Waals surface area contributed by atoms with Gasteiger partial charge in [-0.15, -0.1) is 0 Å². The van der Waals surface area contributed by atoms with E-state index in [4.69, 9.17) is 5.11 Å². The number of aliphatic hydroxyl groups is 1. The molecule has 6 nitrogen and oxygen atoms in total. The van der Waals surface area contributed by atoms with Gasteiger partial charge in [0.2, 0.25) is 0 Å². The van der Waals surface area contributed by atoms with Gasteiger partial charge in [-0.2, -0.15) is 5.10 Å². The van der Waals surface area contributed by atoms with Gasteiger partial charge in [0.15, 0.2) is 0 Å². The van der Waals surface area contributed by atoms with E-state index in [0.717, 1.165) is 0 Å². The molecule has 0 atom stereocenters. The topological polar surface area (TPSA) is 80.0 Å². The molecule has 0 spiro atoms. The van der Waals surface area contributed by atoms with Gasteiger partial charge in [0.05, 0.1) is 23.0 Å². The number of aliphatic hydroxyl groups excluding tert-OH is 1. The molecule has 0 aliphatic rings. The van der Waals surface area contributed by atoms with Crippen LogP contribution in [-0.2, 0) is 7.05 Å². The summed E-state index contributed by atoms with van der Waals surface area (Å²) in [6.07, 6.45) is 6.25. The van der Waals surface area contributed by atoms with Crippen molar-refractivity contribution in [1.82, 2.24) is 14.8 Å². The predicted octanol–water partition coefficient (Wildman–Crippen LogP) is 0.411. The molecule has 0 unspecified atom stereocenters. The first-order valence-corrected chi connectivity index (χ1v) is 5.54. The molecule has 0 bridgehead atoms. The van der Waals surface area contributed by atoms with Crippen LogP contribution >= 0.6 is 0 Å². The molecule has 6 heteroatoms. The van der Waals surface area contributed by atoms with Crippen molar-refractivity contribution >= 4 is 11.6 Å². The summed E-state index contributed by atoms with van der Waals surface area (Å²) in [5.41, 5.74) is 1.48. The molecular formula is C13H12N4O2. The summed E-state index contributed by atoms with van der Waals surface area (Å²) in [6, 6.07) is 1.58. The van der Waals surface area contributed by atoms with E-state index >= 15 is 0 Å². The zero-order valence-corrected chi connectivity index (χ0v) is 10.3. The lowest BCUT2D eigenvalue weighted by atomic mass is 10.1. The van der Waals surface area contributed by atoms with Crippen molar-refractivity contribution in [2.45, 2.75) is 0 Å². The van der Waals surface area contributed by atoms with Crippen molar-refractivity contribution in [2.24, 2.45) is 7.05 Å². The molecule has 2 aromatic rings. The second-order valence-electron chi connectivity index (χ2n) is 3.74. The average molecular weight is 256 g/mol. The van der Waals surface area contributed by atoms with Crippen LogP contribution in [0.25, 0.3) is 0 Å². The molecule has 0 fully saturated rings. The quantitative estimate of drug-likeness (QED) is 0.763. The van der Waals surface area contributed by atoms with Gasteiger partial charge in [0.1, 0.15) is 6.61 Å². The van der Waals surface area contributed by atoms with E-state index in [-0.39, 0.29) is 12.5 Å². The Bertz CT molecular complexity index is 652. The van der Waals surface area contributed by atoms with Gasteiger partial charge >= 0.3 is 0 Å². The SMILES string of the molecule is Cn1cc(NC(=O)c2ccncc2C#CCO)cn1. The van der Waals surface area contributed by atoms with Crippen LogP contribution in [-0.4, -0.2) is 32.4 Å². The summed E-state index contributed by atoms with van der Waals surface area (Å²) in [5, 5.41) is 15.4. The molecule has 1 amide bonds. The van der Waals surface area contributed by atoms with Crippen LogP contribution in [0.2, 0.25) is 0 Å². The van der Waals surface area contributed by atoms with Gasteiger partial charge in [0, 0.05) is 25.6 Å². The number of aryl methyl sites for hydroxylation is 1. The summed E-state index contributed by atoms with van der Waals surface area (Å²) in [4.78, 5) is 16.0. The highest BCUT2D eigenvalue weighted by Gasteiger charge is 2.11. The smallest absolute Gasteiger partial charge is 0.257 e. The Labute approximate surface area is 110 Å². The lowest BCUT2D eigenvalue weighted by Crippen LogP contribution is -2.13. The van der Waals surface area contributed by atoms with Crippen molar-refractivity contribution < 1.29 is 9.90 Å². The molecule has 0 radical (unpaired) electrons. The van der Waals surface area contributed by atoms with E-state index in [1.807, 2.05) is 0 Å². The number of nitrogens with zero attached hydrogens (tertiary/aromatic N) is 3. The third kappa shape index (κ3) is 3.18. The largest absolute Gasteiger partial charge is 0.384 e. The number of anilines is 1. The molecule has 0 aromatic carbocycles. The number of hydrogen-bond donors (Lipinski definition) is 2. The fourth-order valence-corrected chi connectivity index (χ4v) is 1.51. The first-order chi connectivity index (χ1) is 9.20. The number of hydrogen-bond acceptors (Lipinski definition) is 4. The first kappa shape index (κ1) is 12.8. The molecule has 2 heterocycles. The maximum absolute atomic E-state index is 12.1. The highest BCUT2D eigenvalue weighted by molar-refractivity contribution is 6.05. The molecule has 0 saturated heterocycles. The van der Waals surface area contributed by atoms with E-state index in [1.54, 1.807) is 30.2 Å². The number of nitrogens with one attached hydrogen (secondary N) is 1. The van der Waals surface area contributed by atoms with Crippen LogP contribution in [0.5, 0.6) is 0 Å². The second kappa shape index (κ2) is 5.80. The van der Waals surface area contributed by atoms with E-state index in [1.165, 1.54) is 12.4 Å². The minimum atomic E-state index is -0.294. The van der Waals surface area contributed by atoms with Crippen molar-refractivity contribution in [3.8, 4) is 11.8 Å². The van der Waals surface area contributed by atoms with Crippen LogP contribution in [0.1, 0.15) is 15.9 Å². The first-order valence-electron chi connectivity index (χ1n) is 5.54. The van der Waals surface area contributed by atoms with Crippen LogP contribution < -0.4 is 5.32 Å². The predicted molar refractivity (Wildman–Crippen MR) is 69.4 cm³/mol. The molecule has 0 aliphatic carbocycles. The summed E-state index contributed by atoms with van der Waals surface area (Å²) in [6.45, 7) is -0.265. The van der Waals surface area contributed by atoms with Crippen LogP contribution in [0.3, 0.4) is 0 Å². The van der Waals surface area contributed by atoms with Crippen molar-refractivity contribution in [1.29, 1.82) is 0 Å². The zero-order valence-electron chi connectivity index (χ0n) is 10.3. The Hall–Kier alpha value is -2.65. The molecular weight excluding hydrogens is 244 g/mol. The minimum absolute atomic E-state index is 0.265. The molecule has 2 aromatic heterocycles. The maximum Gasteiger partial charge on any atom is 0.257 e. The Morgan fingerprint density at radius 2 is 2.37 bits per heavy atom. The van der Waals surface area contributed by atoms with Gasteiger partial charge < -0.3 is 10.4 Å². The second-order valence-corrected chi connectivity index (χ2v) is 3.74. The van der Waals surface area contributed by atoms with Gasteiger partial charge in [-0.25, -0.2) is 0 Å². The lowest BCUT2D eigenvalue weighted by Gasteiger charge is -2.04. The van der Waals surface area contributed by atoms with Crippen LogP contribution in [0.15, 0.2) is 30.9 Å². The number of pyridine rings is 1. The third-order valence-corrected chi connectivity index (χ3v) is 2.33. The number of carbonyl (C=O) groups is 1. The fourth-order valence-electron chi connectivity index (χ4n) is 1.51. The molecule has 96 valence electrons. The lowest BCUT2D eigenvalue weighted by molar-refractivity contribution is 0.102. The van der Waals surface area contributed by atoms with Crippen LogP contribution in [0.4, 0.5) is 5.69 Å². The summed E-state index contributed by atoms with van der Waals surface area (Å²) in [7, 11) is 1.76. The normalized spacial score (nSPS) is 9.58. The summed E-state index contributed by atoms with van der Waals surface area (Å²) < 4.78 is 1.59. The summed E-state index contributed by atoms with van der Waals surface area (Å²) >= 11 is 0. The van der Waals surface area contributed by atoms with E-state index in [9.17, 15) is 4.79 Å². The Morgan fingerprint density at radius 3 is 3.05 bits per heavy atom. The van der Waals surface area contributed by atoms with Crippen molar-refractivity contribution in [3.05, 3.63) is 42.0 Å². The zero-order chi connectivity index (χ0) is 13.7. The van der Waals surface area contributed by atoms with Gasteiger partial charge in [-0.05, 0) is 6.07 Å². The number of amides is 1. The number of carbonyl (C=O) groups excluding carboxylic acids is 1. The van der Waals surface area contributed by atoms with E-state index in [0.29, 0.717) is 16.8 Å². The fraction of sp³-hybridized carbons (Fsp3) is 0.154. The molecule has 2 rings (SSSR count). The van der Waals surface area contributed by atoms with Gasteiger partial charge in [0.25, 0.3) is 5.91 Å². The number of aromatic nitrogens is 3. The van der Waals surface area contributed by atoms with E-state index in [2.05, 4.69) is 27.2 Å². The Morgan fingerprint density at radius 1 is 1.53 bits per heavy atom. The molecule has 0 aliphatic heterocycles. The molecule has 2 N–H and O–H groups in total. The Kier molecular flexibility index (Phi) is 3.90. The van der Waals surface area contributed by atoms with E-state index < -0.39 is 0 Å². The van der Waals surface area contributed by atoms with Gasteiger partial charge in [-0.1, -0.05) is 11.8 Å². The summed E-state index contributed by atoms with van der Waals surface area (Å²) in [5.74, 6) is 4.89. The highest BCUT2D eigenvalue weighted by Crippen LogP contribution is 2.10. The monoisotopic (exact) mass is 256 g/mol.